The molecule has 8 heteroatoms. The van der Waals surface area contributed by atoms with E-state index in [-0.39, 0.29) is 17.7 Å². The molecule has 0 saturated carbocycles. The van der Waals surface area contributed by atoms with Crippen LogP contribution in [0.15, 0.2) is 34.6 Å². The van der Waals surface area contributed by atoms with Crippen LogP contribution in [-0.2, 0) is 4.79 Å². The molecule has 7 nitrogen and oxygen atoms in total. The minimum atomic E-state index is -0.106. The average Bonchev–Trinajstić information content (AvgIpc) is 3.41. The van der Waals surface area contributed by atoms with Crippen LogP contribution in [-0.4, -0.2) is 65.9 Å². The van der Waals surface area contributed by atoms with Gasteiger partial charge in [-0.15, -0.1) is 11.3 Å². The Labute approximate surface area is 156 Å². The van der Waals surface area contributed by atoms with Gasteiger partial charge in [0, 0.05) is 50.8 Å². The fourth-order valence-electron chi connectivity index (χ4n) is 3.68. The summed E-state index contributed by atoms with van der Waals surface area (Å²) in [6.45, 7) is 4.24. The van der Waals surface area contributed by atoms with Crippen molar-refractivity contribution in [1.82, 2.24) is 14.8 Å². The van der Waals surface area contributed by atoms with Crippen LogP contribution in [0.3, 0.4) is 0 Å². The number of piperazine rings is 1. The van der Waals surface area contributed by atoms with Gasteiger partial charge in [-0.1, -0.05) is 0 Å². The highest BCUT2D eigenvalue weighted by atomic mass is 32.1. The number of rotatable bonds is 3. The van der Waals surface area contributed by atoms with Crippen molar-refractivity contribution in [2.45, 2.75) is 12.8 Å². The van der Waals surface area contributed by atoms with Gasteiger partial charge < -0.3 is 19.1 Å². The molecule has 0 bridgehead atoms. The molecular weight excluding hydrogens is 352 g/mol. The first kappa shape index (κ1) is 17.1. The number of anilines is 1. The lowest BCUT2D eigenvalue weighted by Crippen LogP contribution is -2.53. The van der Waals surface area contributed by atoms with Crippen molar-refractivity contribution in [3.63, 3.8) is 0 Å². The van der Waals surface area contributed by atoms with Gasteiger partial charge in [0.05, 0.1) is 17.7 Å². The minimum Gasteiger partial charge on any atom is -0.472 e. The van der Waals surface area contributed by atoms with Crippen LogP contribution < -0.4 is 4.90 Å². The van der Waals surface area contributed by atoms with E-state index in [4.69, 9.17) is 4.42 Å². The van der Waals surface area contributed by atoms with E-state index >= 15 is 0 Å². The summed E-state index contributed by atoms with van der Waals surface area (Å²) in [5.74, 6) is 0.0179. The van der Waals surface area contributed by atoms with Crippen LogP contribution in [0.4, 0.5) is 5.13 Å². The zero-order chi connectivity index (χ0) is 17.9. The van der Waals surface area contributed by atoms with Gasteiger partial charge in [0.1, 0.15) is 6.26 Å². The van der Waals surface area contributed by atoms with E-state index in [2.05, 4.69) is 9.88 Å². The number of nitrogens with zero attached hydrogens (tertiary/aromatic N) is 4. The number of piperidine rings is 1. The zero-order valence-corrected chi connectivity index (χ0v) is 15.4. The normalized spacial score (nSPS) is 21.1. The fourth-order valence-corrected chi connectivity index (χ4v) is 4.38. The smallest absolute Gasteiger partial charge is 0.257 e. The Morgan fingerprint density at radius 2 is 2.00 bits per heavy atom. The average molecular weight is 374 g/mol. The molecule has 0 aromatic carbocycles. The summed E-state index contributed by atoms with van der Waals surface area (Å²) in [6.07, 6.45) is 6.48. The monoisotopic (exact) mass is 374 g/mol. The molecule has 2 fully saturated rings. The Balaban J connectivity index is 1.34. The van der Waals surface area contributed by atoms with E-state index in [9.17, 15) is 9.59 Å². The van der Waals surface area contributed by atoms with Crippen molar-refractivity contribution in [2.75, 3.05) is 44.2 Å². The number of hydrogen-bond donors (Lipinski definition) is 0. The molecule has 2 aliphatic rings. The molecule has 4 heterocycles. The molecular formula is C18H22N4O3S. The predicted octanol–water partition coefficient (Wildman–Crippen LogP) is 1.94. The van der Waals surface area contributed by atoms with Gasteiger partial charge in [-0.25, -0.2) is 4.98 Å². The molecule has 2 saturated heterocycles. The van der Waals surface area contributed by atoms with Crippen molar-refractivity contribution in [3.8, 4) is 0 Å². The molecule has 2 amide bonds. The maximum atomic E-state index is 12.9. The number of carbonyl (C=O) groups is 2. The second kappa shape index (κ2) is 7.49. The maximum Gasteiger partial charge on any atom is 0.257 e. The number of aromatic nitrogens is 1. The minimum absolute atomic E-state index is 0.0511. The van der Waals surface area contributed by atoms with E-state index in [1.807, 2.05) is 16.5 Å². The van der Waals surface area contributed by atoms with Crippen molar-refractivity contribution in [3.05, 3.63) is 35.7 Å². The quantitative estimate of drug-likeness (QED) is 0.821. The van der Waals surface area contributed by atoms with Crippen LogP contribution in [0, 0.1) is 5.92 Å². The second-order valence-corrected chi connectivity index (χ2v) is 7.60. The molecule has 0 aliphatic carbocycles. The summed E-state index contributed by atoms with van der Waals surface area (Å²) >= 11 is 1.63. The highest BCUT2D eigenvalue weighted by molar-refractivity contribution is 7.13. The third-order valence-electron chi connectivity index (χ3n) is 5.11. The molecule has 4 rings (SSSR count). The van der Waals surface area contributed by atoms with Gasteiger partial charge >= 0.3 is 0 Å². The molecule has 1 atom stereocenters. The third-order valence-corrected chi connectivity index (χ3v) is 5.94. The number of likely N-dealkylation sites (tertiary alicyclic amines) is 1. The summed E-state index contributed by atoms with van der Waals surface area (Å²) in [5, 5.41) is 2.99. The van der Waals surface area contributed by atoms with Crippen molar-refractivity contribution < 1.29 is 14.0 Å². The maximum absolute atomic E-state index is 12.9. The van der Waals surface area contributed by atoms with Gasteiger partial charge in [0.25, 0.3) is 5.91 Å². The number of amides is 2. The largest absolute Gasteiger partial charge is 0.472 e. The Hall–Kier alpha value is -2.35. The summed E-state index contributed by atoms with van der Waals surface area (Å²) in [4.78, 5) is 35.7. The molecule has 2 aliphatic heterocycles. The molecule has 0 spiro atoms. The van der Waals surface area contributed by atoms with E-state index in [0.717, 1.165) is 31.1 Å². The van der Waals surface area contributed by atoms with E-state index < -0.39 is 0 Å². The van der Waals surface area contributed by atoms with Crippen LogP contribution in [0.25, 0.3) is 0 Å². The summed E-state index contributed by atoms with van der Waals surface area (Å²) in [5.41, 5.74) is 0.551. The molecule has 138 valence electrons. The number of hydrogen-bond acceptors (Lipinski definition) is 6. The van der Waals surface area contributed by atoms with Crippen LogP contribution in [0.2, 0.25) is 0 Å². The summed E-state index contributed by atoms with van der Waals surface area (Å²) in [7, 11) is 0. The third kappa shape index (κ3) is 3.46. The molecule has 0 unspecified atom stereocenters. The van der Waals surface area contributed by atoms with Crippen LogP contribution in [0.1, 0.15) is 23.2 Å². The predicted molar refractivity (Wildman–Crippen MR) is 98.2 cm³/mol. The fraction of sp³-hybridized carbons (Fsp3) is 0.500. The molecule has 0 N–H and O–H groups in total. The SMILES string of the molecule is O=C(c1ccoc1)N1CCC[C@@H](C(=O)N2CCN(c3nccs3)CC2)C1. The summed E-state index contributed by atoms with van der Waals surface area (Å²) < 4.78 is 5.01. The number of furan rings is 1. The van der Waals surface area contributed by atoms with Gasteiger partial charge in [0.2, 0.25) is 5.91 Å². The first-order valence-electron chi connectivity index (χ1n) is 8.97. The summed E-state index contributed by atoms with van der Waals surface area (Å²) in [6, 6.07) is 1.67. The van der Waals surface area contributed by atoms with E-state index in [1.54, 1.807) is 22.3 Å². The highest BCUT2D eigenvalue weighted by Crippen LogP contribution is 2.23. The standard InChI is InChI=1S/C18H22N4O3S/c23-16(20-6-8-21(9-7-20)18-19-4-11-26-18)14-2-1-5-22(12-14)17(24)15-3-10-25-13-15/h3-4,10-11,13-14H,1-2,5-9,12H2/t14-/m1/s1. The lowest BCUT2D eigenvalue weighted by Gasteiger charge is -2.38. The van der Waals surface area contributed by atoms with E-state index in [1.165, 1.54) is 12.5 Å². The topological polar surface area (TPSA) is 69.9 Å². The van der Waals surface area contributed by atoms with Crippen molar-refractivity contribution in [2.24, 2.45) is 5.92 Å². The Morgan fingerprint density at radius 3 is 2.69 bits per heavy atom. The van der Waals surface area contributed by atoms with Gasteiger partial charge in [-0.2, -0.15) is 0 Å². The molecule has 0 radical (unpaired) electrons. The van der Waals surface area contributed by atoms with Crippen molar-refractivity contribution in [1.29, 1.82) is 0 Å². The molecule has 2 aromatic heterocycles. The Kier molecular flexibility index (Phi) is 4.92. The molecule has 26 heavy (non-hydrogen) atoms. The lowest BCUT2D eigenvalue weighted by atomic mass is 9.95. The molecule has 2 aromatic rings. The Morgan fingerprint density at radius 1 is 1.15 bits per heavy atom. The highest BCUT2D eigenvalue weighted by Gasteiger charge is 2.33. The van der Waals surface area contributed by atoms with Gasteiger partial charge in [-0.05, 0) is 18.9 Å². The first-order valence-corrected chi connectivity index (χ1v) is 9.85. The van der Waals surface area contributed by atoms with Gasteiger partial charge in [-0.3, -0.25) is 9.59 Å². The number of thiazole rings is 1. The second-order valence-electron chi connectivity index (χ2n) is 6.73. The van der Waals surface area contributed by atoms with Crippen molar-refractivity contribution >= 4 is 28.3 Å². The van der Waals surface area contributed by atoms with E-state index in [0.29, 0.717) is 31.7 Å². The first-order chi connectivity index (χ1) is 12.7. The zero-order valence-electron chi connectivity index (χ0n) is 14.5. The Bertz CT molecular complexity index is 739. The van der Waals surface area contributed by atoms with Crippen LogP contribution in [0.5, 0.6) is 0 Å². The van der Waals surface area contributed by atoms with Crippen LogP contribution >= 0.6 is 11.3 Å². The lowest BCUT2D eigenvalue weighted by molar-refractivity contribution is -0.137. The van der Waals surface area contributed by atoms with Gasteiger partial charge in [0.15, 0.2) is 5.13 Å². The number of carbonyl (C=O) groups excluding carboxylic acids is 2.